The van der Waals surface area contributed by atoms with Crippen molar-refractivity contribution in [1.29, 1.82) is 0 Å². The van der Waals surface area contributed by atoms with E-state index < -0.39 is 30.1 Å². The molecule has 1 heterocycles. The number of rotatable bonds is 15. The van der Waals surface area contributed by atoms with Crippen LogP contribution in [0.1, 0.15) is 58.2 Å². The predicted octanol–water partition coefficient (Wildman–Crippen LogP) is 4.73. The number of aromatic hydroxyl groups is 1. The van der Waals surface area contributed by atoms with Crippen LogP contribution in [0.15, 0.2) is 97.1 Å². The number of alkyl carbamates (subject to hydrolysis) is 1. The number of carbonyl (C=O) groups excluding carboxylic acids is 4. The standard InChI is InChI=1S/C42H49N5O6/c1-28-21-34(48)22-29(2)35(28)24-36(43)41(51)47-26-33-18-10-9-17-32(33)23-38(47)40(50)46-37(39(49)45-25-30-13-5-3-6-14-30)19-11-12-20-44-42(52)53-27-31-15-7-4-8-16-31/h3-10,13-18,21-22,36-38,48H,11-12,19-20,23-27,43H2,1-2H3,(H,44,52)(H,45,49)(H,46,50)/t36-,37-,38-/m0/s1. The molecule has 0 saturated heterocycles. The highest BCUT2D eigenvalue weighted by Gasteiger charge is 2.38. The Kier molecular flexibility index (Phi) is 13.6. The van der Waals surface area contributed by atoms with E-state index in [1.54, 1.807) is 12.1 Å². The number of fused-ring (bicyclic) bond motifs is 1. The topological polar surface area (TPSA) is 163 Å². The first-order valence-corrected chi connectivity index (χ1v) is 18.1. The molecule has 0 fully saturated rings. The molecular formula is C42H49N5O6. The summed E-state index contributed by atoms with van der Waals surface area (Å²) < 4.78 is 5.29. The van der Waals surface area contributed by atoms with Gasteiger partial charge in [-0.25, -0.2) is 4.79 Å². The molecule has 0 aromatic heterocycles. The highest BCUT2D eigenvalue weighted by Crippen LogP contribution is 2.26. The zero-order valence-corrected chi connectivity index (χ0v) is 30.3. The number of phenolic OH excluding ortho intramolecular Hbond substituents is 1. The molecule has 4 aromatic rings. The van der Waals surface area contributed by atoms with Gasteiger partial charge in [-0.3, -0.25) is 14.4 Å². The van der Waals surface area contributed by atoms with Crippen molar-refractivity contribution >= 4 is 23.8 Å². The first-order chi connectivity index (χ1) is 25.6. The first kappa shape index (κ1) is 38.5. The summed E-state index contributed by atoms with van der Waals surface area (Å²) in [7, 11) is 0. The van der Waals surface area contributed by atoms with Gasteiger partial charge in [-0.05, 0) is 90.6 Å². The molecule has 0 spiro atoms. The number of carbonyl (C=O) groups is 4. The van der Waals surface area contributed by atoms with Gasteiger partial charge in [-0.15, -0.1) is 0 Å². The van der Waals surface area contributed by atoms with Crippen LogP contribution in [0.4, 0.5) is 4.79 Å². The molecule has 0 aliphatic carbocycles. The fourth-order valence-corrected chi connectivity index (χ4v) is 6.68. The smallest absolute Gasteiger partial charge is 0.407 e. The predicted molar refractivity (Wildman–Crippen MR) is 202 cm³/mol. The lowest BCUT2D eigenvalue weighted by molar-refractivity contribution is -0.143. The summed E-state index contributed by atoms with van der Waals surface area (Å²) in [4.78, 5) is 55.6. The van der Waals surface area contributed by atoms with Gasteiger partial charge in [0.05, 0.1) is 6.04 Å². The van der Waals surface area contributed by atoms with Crippen molar-refractivity contribution in [1.82, 2.24) is 20.9 Å². The van der Waals surface area contributed by atoms with Gasteiger partial charge in [-0.1, -0.05) is 84.9 Å². The second-order valence-corrected chi connectivity index (χ2v) is 13.6. The lowest BCUT2D eigenvalue weighted by atomic mass is 9.91. The Morgan fingerprint density at radius 3 is 2.15 bits per heavy atom. The number of aryl methyl sites for hydroxylation is 2. The van der Waals surface area contributed by atoms with Gasteiger partial charge >= 0.3 is 6.09 Å². The van der Waals surface area contributed by atoms with Gasteiger partial charge in [-0.2, -0.15) is 0 Å². The molecule has 0 unspecified atom stereocenters. The fraction of sp³-hybridized carbons (Fsp3) is 0.333. The van der Waals surface area contributed by atoms with E-state index in [0.717, 1.165) is 38.9 Å². The Hall–Kier alpha value is -5.68. The fourth-order valence-electron chi connectivity index (χ4n) is 6.68. The second kappa shape index (κ2) is 18.7. The van der Waals surface area contributed by atoms with Crippen LogP contribution in [0, 0.1) is 13.8 Å². The van der Waals surface area contributed by atoms with E-state index in [1.807, 2.05) is 98.8 Å². The summed E-state index contributed by atoms with van der Waals surface area (Å²) in [6, 6.07) is 27.1. The molecule has 5 rings (SSSR count). The Bertz CT molecular complexity index is 1850. The van der Waals surface area contributed by atoms with E-state index in [1.165, 1.54) is 4.90 Å². The van der Waals surface area contributed by atoms with Crippen molar-refractivity contribution in [3.05, 3.63) is 136 Å². The maximum absolute atomic E-state index is 14.2. The summed E-state index contributed by atoms with van der Waals surface area (Å²) in [5.74, 6) is -1.02. The van der Waals surface area contributed by atoms with Crippen LogP contribution in [0.5, 0.6) is 5.75 Å². The van der Waals surface area contributed by atoms with Crippen molar-refractivity contribution in [3.63, 3.8) is 0 Å². The minimum atomic E-state index is -0.936. The van der Waals surface area contributed by atoms with Crippen molar-refractivity contribution in [2.24, 2.45) is 5.73 Å². The SMILES string of the molecule is Cc1cc(O)cc(C)c1C[C@H](N)C(=O)N1Cc2ccccc2C[C@H]1C(=O)N[C@@H](CCCCNC(=O)OCc1ccccc1)C(=O)NCc1ccccc1. The van der Waals surface area contributed by atoms with Crippen LogP contribution < -0.4 is 21.7 Å². The molecule has 4 aromatic carbocycles. The summed E-state index contributed by atoms with van der Waals surface area (Å²) in [6.07, 6.45) is 1.35. The molecule has 11 heteroatoms. The van der Waals surface area contributed by atoms with Gasteiger partial charge in [0.25, 0.3) is 0 Å². The first-order valence-electron chi connectivity index (χ1n) is 18.1. The van der Waals surface area contributed by atoms with Crippen LogP contribution in [0.2, 0.25) is 0 Å². The third-order valence-electron chi connectivity index (χ3n) is 9.60. The van der Waals surface area contributed by atoms with Crippen LogP contribution in [-0.4, -0.2) is 58.5 Å². The minimum Gasteiger partial charge on any atom is -0.508 e. The number of amides is 4. The molecule has 6 N–H and O–H groups in total. The van der Waals surface area contributed by atoms with E-state index >= 15 is 0 Å². The van der Waals surface area contributed by atoms with Crippen LogP contribution in [0.3, 0.4) is 0 Å². The zero-order valence-electron chi connectivity index (χ0n) is 30.3. The van der Waals surface area contributed by atoms with Crippen molar-refractivity contribution in [3.8, 4) is 5.75 Å². The Labute approximate surface area is 310 Å². The summed E-state index contributed by atoms with van der Waals surface area (Å²) >= 11 is 0. The van der Waals surface area contributed by atoms with E-state index in [2.05, 4.69) is 16.0 Å². The van der Waals surface area contributed by atoms with E-state index in [0.29, 0.717) is 25.8 Å². The van der Waals surface area contributed by atoms with Crippen molar-refractivity contribution in [2.75, 3.05) is 6.54 Å². The number of unbranched alkanes of at least 4 members (excludes halogenated alkanes) is 1. The van der Waals surface area contributed by atoms with Gasteiger partial charge in [0, 0.05) is 26.1 Å². The van der Waals surface area contributed by atoms with Crippen LogP contribution in [0.25, 0.3) is 0 Å². The minimum absolute atomic E-state index is 0.146. The van der Waals surface area contributed by atoms with E-state index in [4.69, 9.17) is 10.5 Å². The Morgan fingerprint density at radius 2 is 1.47 bits per heavy atom. The summed E-state index contributed by atoms with van der Waals surface area (Å²) in [5.41, 5.74) is 12.8. The molecular weight excluding hydrogens is 670 g/mol. The number of hydrogen-bond donors (Lipinski definition) is 5. The number of nitrogens with one attached hydrogen (secondary N) is 3. The van der Waals surface area contributed by atoms with Gasteiger partial charge in [0.15, 0.2) is 0 Å². The molecule has 53 heavy (non-hydrogen) atoms. The molecule has 0 radical (unpaired) electrons. The highest BCUT2D eigenvalue weighted by atomic mass is 16.5. The quantitative estimate of drug-likeness (QED) is 0.111. The molecule has 4 amide bonds. The lowest BCUT2D eigenvalue weighted by Crippen LogP contribution is -2.59. The van der Waals surface area contributed by atoms with Gasteiger partial charge < -0.3 is 36.4 Å². The molecule has 11 nitrogen and oxygen atoms in total. The van der Waals surface area contributed by atoms with Crippen molar-refractivity contribution in [2.45, 2.75) is 83.8 Å². The second-order valence-electron chi connectivity index (χ2n) is 13.6. The molecule has 0 bridgehead atoms. The van der Waals surface area contributed by atoms with Gasteiger partial charge in [0.2, 0.25) is 17.7 Å². The van der Waals surface area contributed by atoms with Crippen molar-refractivity contribution < 1.29 is 29.0 Å². The largest absolute Gasteiger partial charge is 0.508 e. The Morgan fingerprint density at radius 1 is 0.849 bits per heavy atom. The Balaban J connectivity index is 1.25. The monoisotopic (exact) mass is 719 g/mol. The average Bonchev–Trinajstić information content (AvgIpc) is 3.16. The number of nitrogens with two attached hydrogens (primary N) is 1. The number of ether oxygens (including phenoxy) is 1. The van der Waals surface area contributed by atoms with Gasteiger partial charge in [0.1, 0.15) is 24.4 Å². The maximum atomic E-state index is 14.2. The third-order valence-corrected chi connectivity index (χ3v) is 9.60. The number of phenols is 1. The van der Waals surface area contributed by atoms with Crippen LogP contribution in [-0.2, 0) is 51.7 Å². The number of benzene rings is 4. The van der Waals surface area contributed by atoms with E-state index in [9.17, 15) is 24.3 Å². The molecule has 1 aliphatic rings. The molecule has 3 atom stereocenters. The molecule has 278 valence electrons. The summed E-state index contributed by atoms with van der Waals surface area (Å²) in [5, 5.41) is 18.7. The highest BCUT2D eigenvalue weighted by molar-refractivity contribution is 5.93. The third kappa shape index (κ3) is 10.9. The average molecular weight is 720 g/mol. The van der Waals surface area contributed by atoms with E-state index in [-0.39, 0.29) is 50.1 Å². The zero-order chi connectivity index (χ0) is 37.7. The normalized spacial score (nSPS) is 14.7. The number of hydrogen-bond acceptors (Lipinski definition) is 7. The number of nitrogens with zero attached hydrogens (tertiary/aromatic N) is 1. The maximum Gasteiger partial charge on any atom is 0.407 e. The molecule has 1 aliphatic heterocycles. The van der Waals surface area contributed by atoms with Crippen LogP contribution >= 0.6 is 0 Å². The lowest BCUT2D eigenvalue weighted by Gasteiger charge is -2.38. The molecule has 0 saturated carbocycles. The summed E-state index contributed by atoms with van der Waals surface area (Å²) in [6.45, 7) is 4.71.